The van der Waals surface area contributed by atoms with Crippen LogP contribution in [-0.4, -0.2) is 4.98 Å². The fourth-order valence-corrected chi connectivity index (χ4v) is 2.48. The molecule has 78 valence electrons. The zero-order valence-electron chi connectivity index (χ0n) is 8.68. The van der Waals surface area contributed by atoms with E-state index in [1.807, 2.05) is 18.2 Å². The molecule has 1 atom stereocenters. The van der Waals surface area contributed by atoms with Crippen LogP contribution in [0.3, 0.4) is 0 Å². The standard InChI is InChI=1S/C12H14N2S/c1-9-5-7-15-12(9)8-10(13)11-4-2-3-6-14-11/h2-7,10H,8,13H2,1H3. The normalized spacial score (nSPS) is 12.7. The van der Waals surface area contributed by atoms with Gasteiger partial charge in [0, 0.05) is 17.5 Å². The smallest absolute Gasteiger partial charge is 0.0574 e. The molecule has 2 rings (SSSR count). The maximum absolute atomic E-state index is 6.10. The summed E-state index contributed by atoms with van der Waals surface area (Å²) in [6, 6.07) is 8.00. The average Bonchev–Trinajstić information content (AvgIpc) is 2.66. The first-order valence-electron chi connectivity index (χ1n) is 4.97. The Bertz CT molecular complexity index is 422. The molecule has 1 unspecified atom stereocenters. The Morgan fingerprint density at radius 1 is 1.40 bits per heavy atom. The number of aryl methyl sites for hydroxylation is 1. The quantitative estimate of drug-likeness (QED) is 0.860. The third kappa shape index (κ3) is 2.43. The van der Waals surface area contributed by atoms with Gasteiger partial charge in [0.05, 0.1) is 11.7 Å². The summed E-state index contributed by atoms with van der Waals surface area (Å²) in [6.07, 6.45) is 2.66. The highest BCUT2D eigenvalue weighted by molar-refractivity contribution is 7.10. The molecular formula is C12H14N2S. The molecule has 0 aliphatic heterocycles. The molecule has 2 heterocycles. The van der Waals surface area contributed by atoms with E-state index in [-0.39, 0.29) is 6.04 Å². The van der Waals surface area contributed by atoms with Gasteiger partial charge in [-0.2, -0.15) is 0 Å². The molecule has 0 spiro atoms. The zero-order valence-corrected chi connectivity index (χ0v) is 9.50. The summed E-state index contributed by atoms with van der Waals surface area (Å²) < 4.78 is 0. The van der Waals surface area contributed by atoms with E-state index in [1.54, 1.807) is 17.5 Å². The van der Waals surface area contributed by atoms with Crippen LogP contribution in [0.2, 0.25) is 0 Å². The zero-order chi connectivity index (χ0) is 10.7. The highest BCUT2D eigenvalue weighted by atomic mass is 32.1. The number of aromatic nitrogens is 1. The van der Waals surface area contributed by atoms with Crippen LogP contribution in [-0.2, 0) is 6.42 Å². The van der Waals surface area contributed by atoms with Gasteiger partial charge < -0.3 is 5.73 Å². The van der Waals surface area contributed by atoms with Crippen LogP contribution < -0.4 is 5.73 Å². The van der Waals surface area contributed by atoms with Crippen molar-refractivity contribution in [2.75, 3.05) is 0 Å². The Morgan fingerprint density at radius 3 is 2.87 bits per heavy atom. The summed E-state index contributed by atoms with van der Waals surface area (Å²) in [7, 11) is 0. The summed E-state index contributed by atoms with van der Waals surface area (Å²) in [6.45, 7) is 2.12. The van der Waals surface area contributed by atoms with Gasteiger partial charge in [0.2, 0.25) is 0 Å². The van der Waals surface area contributed by atoms with Gasteiger partial charge in [-0.1, -0.05) is 6.07 Å². The predicted octanol–water partition coefficient (Wildman–Crippen LogP) is 2.69. The number of nitrogens with zero attached hydrogens (tertiary/aromatic N) is 1. The Hall–Kier alpha value is -1.19. The molecule has 3 heteroatoms. The highest BCUT2D eigenvalue weighted by Gasteiger charge is 2.10. The van der Waals surface area contributed by atoms with E-state index in [9.17, 15) is 0 Å². The van der Waals surface area contributed by atoms with Crippen molar-refractivity contribution in [3.8, 4) is 0 Å². The van der Waals surface area contributed by atoms with Crippen LogP contribution in [0.4, 0.5) is 0 Å². The van der Waals surface area contributed by atoms with Crippen LogP contribution >= 0.6 is 11.3 Å². The molecule has 0 bridgehead atoms. The van der Waals surface area contributed by atoms with E-state index in [1.165, 1.54) is 10.4 Å². The van der Waals surface area contributed by atoms with Crippen LogP contribution in [0.1, 0.15) is 22.2 Å². The molecule has 2 aromatic heterocycles. The van der Waals surface area contributed by atoms with E-state index in [2.05, 4.69) is 23.4 Å². The first-order valence-corrected chi connectivity index (χ1v) is 5.85. The number of hydrogen-bond acceptors (Lipinski definition) is 3. The maximum Gasteiger partial charge on any atom is 0.0574 e. The van der Waals surface area contributed by atoms with Gasteiger partial charge in [-0.25, -0.2) is 0 Å². The second-order valence-electron chi connectivity index (χ2n) is 3.59. The molecule has 15 heavy (non-hydrogen) atoms. The minimum Gasteiger partial charge on any atom is -0.322 e. The van der Waals surface area contributed by atoms with Gasteiger partial charge in [-0.15, -0.1) is 11.3 Å². The van der Waals surface area contributed by atoms with E-state index < -0.39 is 0 Å². The molecule has 0 aromatic carbocycles. The van der Waals surface area contributed by atoms with Crippen LogP contribution in [0, 0.1) is 6.92 Å². The first kappa shape index (κ1) is 10.3. The first-order chi connectivity index (χ1) is 7.27. The van der Waals surface area contributed by atoms with Gasteiger partial charge in [0.15, 0.2) is 0 Å². The summed E-state index contributed by atoms with van der Waals surface area (Å²) in [5.74, 6) is 0. The van der Waals surface area contributed by atoms with Crippen molar-refractivity contribution in [2.45, 2.75) is 19.4 Å². The lowest BCUT2D eigenvalue weighted by molar-refractivity contribution is 0.701. The predicted molar refractivity (Wildman–Crippen MR) is 63.9 cm³/mol. The number of nitrogens with two attached hydrogens (primary N) is 1. The van der Waals surface area contributed by atoms with Crippen LogP contribution in [0.5, 0.6) is 0 Å². The summed E-state index contributed by atoms with van der Waals surface area (Å²) in [5.41, 5.74) is 8.39. The van der Waals surface area contributed by atoms with Gasteiger partial charge in [0.1, 0.15) is 0 Å². The fraction of sp³-hybridized carbons (Fsp3) is 0.250. The molecule has 2 N–H and O–H groups in total. The summed E-state index contributed by atoms with van der Waals surface area (Å²) in [4.78, 5) is 5.62. The van der Waals surface area contributed by atoms with E-state index >= 15 is 0 Å². The lowest BCUT2D eigenvalue weighted by Gasteiger charge is -2.09. The van der Waals surface area contributed by atoms with Gasteiger partial charge >= 0.3 is 0 Å². The molecular weight excluding hydrogens is 204 g/mol. The Labute approximate surface area is 93.8 Å². The van der Waals surface area contributed by atoms with Crippen molar-refractivity contribution in [2.24, 2.45) is 5.73 Å². The topological polar surface area (TPSA) is 38.9 Å². The monoisotopic (exact) mass is 218 g/mol. The second kappa shape index (κ2) is 4.55. The van der Waals surface area contributed by atoms with E-state index in [4.69, 9.17) is 5.73 Å². The molecule has 0 fully saturated rings. The number of hydrogen-bond donors (Lipinski definition) is 1. The van der Waals surface area contributed by atoms with Crippen molar-refractivity contribution in [3.05, 3.63) is 52.0 Å². The maximum atomic E-state index is 6.10. The number of pyridine rings is 1. The molecule has 2 aromatic rings. The Morgan fingerprint density at radius 2 is 2.27 bits per heavy atom. The van der Waals surface area contributed by atoms with E-state index in [0.717, 1.165) is 12.1 Å². The Balaban J connectivity index is 2.11. The van der Waals surface area contributed by atoms with Gasteiger partial charge in [-0.3, -0.25) is 4.98 Å². The van der Waals surface area contributed by atoms with E-state index in [0.29, 0.717) is 0 Å². The fourth-order valence-electron chi connectivity index (χ4n) is 1.51. The van der Waals surface area contributed by atoms with Crippen molar-refractivity contribution < 1.29 is 0 Å². The van der Waals surface area contributed by atoms with Crippen molar-refractivity contribution in [3.63, 3.8) is 0 Å². The van der Waals surface area contributed by atoms with Crippen molar-refractivity contribution in [1.29, 1.82) is 0 Å². The van der Waals surface area contributed by atoms with Crippen LogP contribution in [0.25, 0.3) is 0 Å². The van der Waals surface area contributed by atoms with Crippen molar-refractivity contribution in [1.82, 2.24) is 4.98 Å². The largest absolute Gasteiger partial charge is 0.322 e. The third-order valence-corrected chi connectivity index (χ3v) is 3.49. The lowest BCUT2D eigenvalue weighted by atomic mass is 10.1. The minimum atomic E-state index is 0.00329. The molecule has 2 nitrogen and oxygen atoms in total. The summed E-state index contributed by atoms with van der Waals surface area (Å²) in [5, 5.41) is 2.11. The molecule has 0 aliphatic rings. The average molecular weight is 218 g/mol. The number of thiophene rings is 1. The highest BCUT2D eigenvalue weighted by Crippen LogP contribution is 2.21. The van der Waals surface area contributed by atoms with Gasteiger partial charge in [0.25, 0.3) is 0 Å². The molecule has 0 aliphatic carbocycles. The second-order valence-corrected chi connectivity index (χ2v) is 4.59. The van der Waals surface area contributed by atoms with Crippen LogP contribution in [0.15, 0.2) is 35.8 Å². The lowest BCUT2D eigenvalue weighted by Crippen LogP contribution is -2.14. The minimum absolute atomic E-state index is 0.00329. The summed E-state index contributed by atoms with van der Waals surface area (Å²) >= 11 is 1.76. The van der Waals surface area contributed by atoms with Crippen molar-refractivity contribution >= 4 is 11.3 Å². The van der Waals surface area contributed by atoms with Gasteiger partial charge in [-0.05, 0) is 36.1 Å². The third-order valence-electron chi connectivity index (χ3n) is 2.44. The molecule has 0 saturated carbocycles. The molecule has 0 amide bonds. The Kier molecular flexibility index (Phi) is 3.14. The number of rotatable bonds is 3. The molecule has 0 radical (unpaired) electrons. The SMILES string of the molecule is Cc1ccsc1CC(N)c1ccccn1. The molecule has 0 saturated heterocycles.